The maximum atomic E-state index is 12.3. The topological polar surface area (TPSA) is 145 Å². The van der Waals surface area contributed by atoms with E-state index in [1.54, 1.807) is 28.8 Å². The minimum Gasteiger partial charge on any atom is -0.325 e. The number of carbonyl (C=O) groups is 3. The molecule has 2 heterocycles. The largest absolute Gasteiger partial charge is 0.325 e. The molecule has 0 saturated heterocycles. The molecule has 2 amide bonds. The van der Waals surface area contributed by atoms with E-state index in [-0.39, 0.29) is 34.9 Å². The van der Waals surface area contributed by atoms with Gasteiger partial charge in [-0.2, -0.15) is 0 Å². The van der Waals surface area contributed by atoms with E-state index < -0.39 is 0 Å². The minimum absolute atomic E-state index is 0.0397. The van der Waals surface area contributed by atoms with Gasteiger partial charge in [0.2, 0.25) is 17.6 Å². The summed E-state index contributed by atoms with van der Waals surface area (Å²) in [7, 11) is 0. The van der Waals surface area contributed by atoms with Crippen molar-refractivity contribution >= 4 is 40.9 Å². The molecule has 12 heteroatoms. The normalized spacial score (nSPS) is 10.6. The molecule has 0 aliphatic rings. The molecule has 2 N–H and O–H groups in total. The average molecular weight is 429 g/mol. The van der Waals surface area contributed by atoms with Gasteiger partial charge in [-0.15, -0.1) is 10.2 Å². The number of thioether (sulfide) groups is 1. The molecule has 0 aliphatic carbocycles. The Hall–Kier alpha value is -3.54. The average Bonchev–Trinajstić information content (AvgIpc) is 3.32. The summed E-state index contributed by atoms with van der Waals surface area (Å²) in [6.07, 6.45) is 0. The van der Waals surface area contributed by atoms with E-state index in [1.807, 2.05) is 6.92 Å². The quantitative estimate of drug-likeness (QED) is 0.406. The van der Waals surface area contributed by atoms with Crippen LogP contribution in [0.1, 0.15) is 31.1 Å². The van der Waals surface area contributed by atoms with E-state index in [9.17, 15) is 14.4 Å². The number of nitrogens with zero attached hydrogens (tertiary/aromatic N) is 5. The van der Waals surface area contributed by atoms with Crippen molar-refractivity contribution in [2.24, 2.45) is 0 Å². The van der Waals surface area contributed by atoms with Gasteiger partial charge < -0.3 is 15.2 Å². The van der Waals surface area contributed by atoms with E-state index in [0.717, 1.165) is 0 Å². The van der Waals surface area contributed by atoms with E-state index in [0.29, 0.717) is 28.8 Å². The van der Waals surface area contributed by atoms with Gasteiger partial charge in [0.25, 0.3) is 0 Å². The first-order valence-corrected chi connectivity index (χ1v) is 9.95. The first-order chi connectivity index (χ1) is 14.4. The van der Waals surface area contributed by atoms with Crippen LogP contribution in [0.15, 0.2) is 34.1 Å². The fourth-order valence-electron chi connectivity index (χ4n) is 2.56. The molecule has 0 unspecified atom stereocenters. The number of amides is 2. The van der Waals surface area contributed by atoms with Crippen LogP contribution in [-0.4, -0.2) is 48.4 Å². The summed E-state index contributed by atoms with van der Waals surface area (Å²) in [5.74, 6) is 0.0181. The third-order valence-electron chi connectivity index (χ3n) is 3.94. The van der Waals surface area contributed by atoms with Gasteiger partial charge in [0.15, 0.2) is 22.5 Å². The van der Waals surface area contributed by atoms with Crippen LogP contribution >= 0.6 is 11.8 Å². The summed E-state index contributed by atoms with van der Waals surface area (Å²) < 4.78 is 6.45. The standard InChI is InChI=1S/C18H19N7O4S/c1-4-25-17(15-16(19-11(3)27)24-29-23-15)21-22-18(25)30-9-14(28)20-13-7-5-12(6-8-13)10(2)26/h5-8H,4,9H2,1-3H3,(H,20,28)(H,19,24,27). The second-order valence-electron chi connectivity index (χ2n) is 6.16. The predicted molar refractivity (Wildman–Crippen MR) is 109 cm³/mol. The Balaban J connectivity index is 1.67. The van der Waals surface area contributed by atoms with Gasteiger partial charge in [0.05, 0.1) is 5.75 Å². The molecular formula is C18H19N7O4S. The van der Waals surface area contributed by atoms with Crippen LogP contribution in [0.3, 0.4) is 0 Å². The van der Waals surface area contributed by atoms with Crippen molar-refractivity contribution in [2.75, 3.05) is 16.4 Å². The predicted octanol–water partition coefficient (Wildman–Crippen LogP) is 2.24. The number of nitrogens with one attached hydrogen (secondary N) is 2. The SMILES string of the molecule is CCn1c(SCC(=O)Nc2ccc(C(C)=O)cc2)nnc1-c1nonc1NC(C)=O. The van der Waals surface area contributed by atoms with Crippen molar-refractivity contribution in [2.45, 2.75) is 32.5 Å². The molecule has 1 aromatic carbocycles. The maximum Gasteiger partial charge on any atom is 0.234 e. The van der Waals surface area contributed by atoms with E-state index in [4.69, 9.17) is 4.63 Å². The molecule has 3 aromatic rings. The fourth-order valence-corrected chi connectivity index (χ4v) is 3.36. The van der Waals surface area contributed by atoms with Crippen molar-refractivity contribution in [3.05, 3.63) is 29.8 Å². The smallest absolute Gasteiger partial charge is 0.234 e. The molecule has 0 aliphatic heterocycles. The van der Waals surface area contributed by atoms with Gasteiger partial charge in [0, 0.05) is 24.7 Å². The molecule has 0 radical (unpaired) electrons. The van der Waals surface area contributed by atoms with Crippen LogP contribution in [0.5, 0.6) is 0 Å². The highest BCUT2D eigenvalue weighted by Crippen LogP contribution is 2.27. The minimum atomic E-state index is -0.322. The van der Waals surface area contributed by atoms with Crippen molar-refractivity contribution in [1.82, 2.24) is 25.1 Å². The Labute approximate surface area is 175 Å². The lowest BCUT2D eigenvalue weighted by atomic mass is 10.1. The van der Waals surface area contributed by atoms with Gasteiger partial charge in [-0.3, -0.25) is 14.4 Å². The zero-order valence-corrected chi connectivity index (χ0v) is 17.3. The molecule has 0 spiro atoms. The van der Waals surface area contributed by atoms with Crippen molar-refractivity contribution in [3.8, 4) is 11.5 Å². The highest BCUT2D eigenvalue weighted by atomic mass is 32.2. The van der Waals surface area contributed by atoms with Gasteiger partial charge in [-0.1, -0.05) is 11.8 Å². The summed E-state index contributed by atoms with van der Waals surface area (Å²) in [6.45, 7) is 5.22. The summed E-state index contributed by atoms with van der Waals surface area (Å²) in [4.78, 5) is 34.9. The highest BCUT2D eigenvalue weighted by molar-refractivity contribution is 7.99. The molecule has 0 atom stereocenters. The number of ketones is 1. The number of rotatable bonds is 8. The molecule has 0 saturated carbocycles. The van der Waals surface area contributed by atoms with Gasteiger partial charge in [0.1, 0.15) is 0 Å². The first-order valence-electron chi connectivity index (χ1n) is 8.96. The molecule has 156 valence electrons. The lowest BCUT2D eigenvalue weighted by Crippen LogP contribution is -2.14. The number of hydrogen-bond acceptors (Lipinski definition) is 9. The van der Waals surface area contributed by atoms with E-state index >= 15 is 0 Å². The Morgan fingerprint density at radius 1 is 1.07 bits per heavy atom. The number of Topliss-reactive ketones (excluding diaryl/α,β-unsaturated/α-hetero) is 1. The number of aromatic nitrogens is 5. The third kappa shape index (κ3) is 4.89. The first kappa shape index (κ1) is 21.2. The van der Waals surface area contributed by atoms with Gasteiger partial charge in [-0.05, 0) is 48.4 Å². The Bertz CT molecular complexity index is 1070. The van der Waals surface area contributed by atoms with Crippen molar-refractivity contribution in [3.63, 3.8) is 0 Å². The second kappa shape index (κ2) is 9.31. The molecule has 3 rings (SSSR count). The lowest BCUT2D eigenvalue weighted by Gasteiger charge is -2.07. The Morgan fingerprint density at radius 2 is 1.80 bits per heavy atom. The summed E-state index contributed by atoms with van der Waals surface area (Å²) in [5.41, 5.74) is 1.42. The molecule has 11 nitrogen and oxygen atoms in total. The van der Waals surface area contributed by atoms with E-state index in [2.05, 4.69) is 31.1 Å². The molecule has 30 heavy (non-hydrogen) atoms. The maximum absolute atomic E-state index is 12.3. The summed E-state index contributed by atoms with van der Waals surface area (Å²) in [6, 6.07) is 6.66. The van der Waals surface area contributed by atoms with Crippen LogP contribution in [0.4, 0.5) is 11.5 Å². The van der Waals surface area contributed by atoms with Crippen LogP contribution in [0.2, 0.25) is 0 Å². The third-order valence-corrected chi connectivity index (χ3v) is 4.90. The van der Waals surface area contributed by atoms with Crippen LogP contribution < -0.4 is 10.6 Å². The van der Waals surface area contributed by atoms with Crippen molar-refractivity contribution < 1.29 is 19.0 Å². The second-order valence-corrected chi connectivity index (χ2v) is 7.11. The summed E-state index contributed by atoms with van der Waals surface area (Å²) >= 11 is 1.20. The van der Waals surface area contributed by atoms with Crippen LogP contribution in [-0.2, 0) is 16.1 Å². The van der Waals surface area contributed by atoms with Crippen molar-refractivity contribution in [1.29, 1.82) is 0 Å². The number of carbonyl (C=O) groups excluding carboxylic acids is 3. The summed E-state index contributed by atoms with van der Waals surface area (Å²) in [5, 5.41) is 21.5. The monoisotopic (exact) mass is 429 g/mol. The Kier molecular flexibility index (Phi) is 6.57. The van der Waals surface area contributed by atoms with Gasteiger partial charge >= 0.3 is 0 Å². The molecule has 2 aromatic heterocycles. The molecular weight excluding hydrogens is 410 g/mol. The molecule has 0 fully saturated rings. The van der Waals surface area contributed by atoms with Crippen LogP contribution in [0, 0.1) is 0 Å². The van der Waals surface area contributed by atoms with Crippen LogP contribution in [0.25, 0.3) is 11.5 Å². The zero-order chi connectivity index (χ0) is 21.7. The number of benzene rings is 1. The highest BCUT2D eigenvalue weighted by Gasteiger charge is 2.22. The zero-order valence-electron chi connectivity index (χ0n) is 16.5. The Morgan fingerprint density at radius 3 is 2.43 bits per heavy atom. The number of hydrogen-bond donors (Lipinski definition) is 2. The lowest BCUT2D eigenvalue weighted by molar-refractivity contribution is -0.114. The number of anilines is 2. The molecule has 0 bridgehead atoms. The van der Waals surface area contributed by atoms with Gasteiger partial charge in [-0.25, -0.2) is 4.63 Å². The van der Waals surface area contributed by atoms with E-state index in [1.165, 1.54) is 25.6 Å². The fraction of sp³-hybridized carbons (Fsp3) is 0.278.